The summed E-state index contributed by atoms with van der Waals surface area (Å²) in [6.45, 7) is 6.80. The smallest absolute Gasteiger partial charge is 0.213 e. The van der Waals surface area contributed by atoms with E-state index in [1.54, 1.807) is 14.0 Å². The van der Waals surface area contributed by atoms with Crippen LogP contribution in [0.1, 0.15) is 33.6 Å². The highest BCUT2D eigenvalue weighted by molar-refractivity contribution is 7.89. The third-order valence-corrected chi connectivity index (χ3v) is 4.41. The molecule has 0 saturated carbocycles. The van der Waals surface area contributed by atoms with Gasteiger partial charge in [-0.25, -0.2) is 12.7 Å². The molecule has 0 aromatic carbocycles. The number of hydrogen-bond acceptors (Lipinski definition) is 4. The van der Waals surface area contributed by atoms with E-state index in [0.717, 1.165) is 0 Å². The molecule has 2 N–H and O–H groups in total. The van der Waals surface area contributed by atoms with Crippen LogP contribution in [0.15, 0.2) is 0 Å². The van der Waals surface area contributed by atoms with Gasteiger partial charge < -0.3 is 10.4 Å². The highest BCUT2D eigenvalue weighted by atomic mass is 32.2. The van der Waals surface area contributed by atoms with Crippen LogP contribution in [0.2, 0.25) is 0 Å². The van der Waals surface area contributed by atoms with Gasteiger partial charge in [0.15, 0.2) is 0 Å². The zero-order chi connectivity index (χ0) is 13.5. The second-order valence-corrected chi connectivity index (χ2v) is 6.93. The Balaban J connectivity index is 3.93. The second kappa shape index (κ2) is 8.02. The zero-order valence-electron chi connectivity index (χ0n) is 11.3. The maximum absolute atomic E-state index is 11.8. The lowest BCUT2D eigenvalue weighted by Gasteiger charge is -2.18. The number of nitrogens with one attached hydrogen (secondary N) is 1. The van der Waals surface area contributed by atoms with Gasteiger partial charge in [0.2, 0.25) is 10.0 Å². The van der Waals surface area contributed by atoms with E-state index in [1.165, 1.54) is 4.31 Å². The molecule has 0 aliphatic carbocycles. The summed E-state index contributed by atoms with van der Waals surface area (Å²) in [5, 5.41) is 12.3. The first-order valence-corrected chi connectivity index (χ1v) is 7.72. The zero-order valence-corrected chi connectivity index (χ0v) is 12.1. The van der Waals surface area contributed by atoms with E-state index in [1.807, 2.05) is 13.8 Å². The summed E-state index contributed by atoms with van der Waals surface area (Å²) in [5.41, 5.74) is 0. The Bertz CT molecular complexity index is 289. The fourth-order valence-electron chi connectivity index (χ4n) is 1.31. The van der Waals surface area contributed by atoms with Gasteiger partial charge in [-0.05, 0) is 26.3 Å². The van der Waals surface area contributed by atoms with Gasteiger partial charge in [0.25, 0.3) is 0 Å². The average molecular weight is 266 g/mol. The maximum Gasteiger partial charge on any atom is 0.213 e. The first-order chi connectivity index (χ1) is 7.75. The largest absolute Gasteiger partial charge is 0.393 e. The van der Waals surface area contributed by atoms with E-state index in [0.29, 0.717) is 32.0 Å². The quantitative estimate of drug-likeness (QED) is 0.593. The Morgan fingerprint density at radius 3 is 2.35 bits per heavy atom. The van der Waals surface area contributed by atoms with Crippen molar-refractivity contribution in [3.63, 3.8) is 0 Å². The molecule has 0 fully saturated rings. The molecule has 1 unspecified atom stereocenters. The Hall–Kier alpha value is -0.170. The highest BCUT2D eigenvalue weighted by Crippen LogP contribution is 2.03. The van der Waals surface area contributed by atoms with Crippen molar-refractivity contribution in [2.24, 2.45) is 0 Å². The molecule has 0 radical (unpaired) electrons. The van der Waals surface area contributed by atoms with Gasteiger partial charge in [0, 0.05) is 19.6 Å². The van der Waals surface area contributed by atoms with Gasteiger partial charge in [-0.3, -0.25) is 0 Å². The molecule has 0 heterocycles. The molecule has 0 rings (SSSR count). The van der Waals surface area contributed by atoms with Crippen LogP contribution in [0.3, 0.4) is 0 Å². The lowest BCUT2D eigenvalue weighted by molar-refractivity contribution is 0.177. The molecule has 0 aromatic heterocycles. The molecule has 6 heteroatoms. The Morgan fingerprint density at radius 2 is 1.88 bits per heavy atom. The van der Waals surface area contributed by atoms with Crippen molar-refractivity contribution >= 4 is 10.0 Å². The molecule has 17 heavy (non-hydrogen) atoms. The van der Waals surface area contributed by atoms with Crippen molar-refractivity contribution in [3.8, 4) is 0 Å². The number of rotatable bonds is 9. The minimum absolute atomic E-state index is 0.156. The minimum Gasteiger partial charge on any atom is -0.393 e. The minimum atomic E-state index is -3.17. The molecular weight excluding hydrogens is 240 g/mol. The normalized spacial score (nSPS) is 14.5. The van der Waals surface area contributed by atoms with Crippen LogP contribution in [-0.2, 0) is 10.0 Å². The Labute approximate surface area is 105 Å². The topological polar surface area (TPSA) is 69.6 Å². The van der Waals surface area contributed by atoms with Crippen molar-refractivity contribution in [3.05, 3.63) is 0 Å². The fraction of sp³-hybridized carbons (Fsp3) is 1.00. The van der Waals surface area contributed by atoms with Crippen molar-refractivity contribution in [1.29, 1.82) is 0 Å². The molecule has 0 amide bonds. The predicted molar refractivity (Wildman–Crippen MR) is 70.5 cm³/mol. The third-order valence-electron chi connectivity index (χ3n) is 2.47. The number of nitrogens with zero attached hydrogens (tertiary/aromatic N) is 1. The van der Waals surface area contributed by atoms with Crippen molar-refractivity contribution in [1.82, 2.24) is 9.62 Å². The standard InChI is InChI=1S/C11H26N2O3S/c1-10(2)12-7-5-9-17(15,16)13(4)8-6-11(3)14/h10-12,14H,5-9H2,1-4H3. The monoisotopic (exact) mass is 266 g/mol. The van der Waals surface area contributed by atoms with Crippen LogP contribution >= 0.6 is 0 Å². The Morgan fingerprint density at radius 1 is 1.29 bits per heavy atom. The highest BCUT2D eigenvalue weighted by Gasteiger charge is 2.17. The van der Waals surface area contributed by atoms with Gasteiger partial charge in [0.05, 0.1) is 11.9 Å². The summed E-state index contributed by atoms with van der Waals surface area (Å²) < 4.78 is 24.9. The molecule has 0 bridgehead atoms. The predicted octanol–water partition coefficient (Wildman–Crippen LogP) is 0.407. The summed E-state index contributed by atoms with van der Waals surface area (Å²) in [6, 6.07) is 0.380. The first kappa shape index (κ1) is 16.8. The number of sulfonamides is 1. The van der Waals surface area contributed by atoms with Crippen molar-refractivity contribution in [2.45, 2.75) is 45.8 Å². The average Bonchev–Trinajstić information content (AvgIpc) is 2.20. The van der Waals surface area contributed by atoms with Gasteiger partial charge in [0.1, 0.15) is 0 Å². The molecule has 1 atom stereocenters. The van der Waals surface area contributed by atoms with Crippen molar-refractivity contribution < 1.29 is 13.5 Å². The van der Waals surface area contributed by atoms with E-state index < -0.39 is 16.1 Å². The van der Waals surface area contributed by atoms with E-state index in [4.69, 9.17) is 5.11 Å². The third kappa shape index (κ3) is 8.54. The van der Waals surface area contributed by atoms with Crippen LogP contribution in [0.5, 0.6) is 0 Å². The molecule has 0 aromatic rings. The van der Waals surface area contributed by atoms with E-state index in [9.17, 15) is 8.42 Å². The van der Waals surface area contributed by atoms with Gasteiger partial charge >= 0.3 is 0 Å². The first-order valence-electron chi connectivity index (χ1n) is 6.11. The summed E-state index contributed by atoms with van der Waals surface area (Å²) in [7, 11) is -1.61. The summed E-state index contributed by atoms with van der Waals surface area (Å²) >= 11 is 0. The van der Waals surface area contributed by atoms with Gasteiger partial charge in [-0.15, -0.1) is 0 Å². The van der Waals surface area contributed by atoms with Crippen LogP contribution in [0.25, 0.3) is 0 Å². The van der Waals surface area contributed by atoms with E-state index in [-0.39, 0.29) is 5.75 Å². The lowest BCUT2D eigenvalue weighted by atomic mass is 10.3. The van der Waals surface area contributed by atoms with Crippen LogP contribution in [0, 0.1) is 0 Å². The summed E-state index contributed by atoms with van der Waals surface area (Å²) in [6.07, 6.45) is 0.620. The molecule has 0 spiro atoms. The maximum atomic E-state index is 11.8. The lowest BCUT2D eigenvalue weighted by Crippen LogP contribution is -2.33. The van der Waals surface area contributed by atoms with Gasteiger partial charge in [-0.1, -0.05) is 13.8 Å². The number of aliphatic hydroxyl groups is 1. The molecule has 5 nitrogen and oxygen atoms in total. The second-order valence-electron chi connectivity index (χ2n) is 4.74. The SMILES string of the molecule is CC(O)CCN(C)S(=O)(=O)CCCNC(C)C. The fourth-order valence-corrected chi connectivity index (χ4v) is 2.51. The van der Waals surface area contributed by atoms with Gasteiger partial charge in [-0.2, -0.15) is 0 Å². The summed E-state index contributed by atoms with van der Waals surface area (Å²) in [5.74, 6) is 0.156. The van der Waals surface area contributed by atoms with Crippen LogP contribution in [-0.4, -0.2) is 55.9 Å². The molecule has 0 aliphatic heterocycles. The van der Waals surface area contributed by atoms with Crippen LogP contribution in [0.4, 0.5) is 0 Å². The Kier molecular flexibility index (Phi) is 7.94. The number of hydrogen-bond donors (Lipinski definition) is 2. The molecule has 104 valence electrons. The van der Waals surface area contributed by atoms with E-state index in [2.05, 4.69) is 5.32 Å². The number of aliphatic hydroxyl groups excluding tert-OH is 1. The molecule has 0 saturated heterocycles. The van der Waals surface area contributed by atoms with E-state index >= 15 is 0 Å². The summed E-state index contributed by atoms with van der Waals surface area (Å²) in [4.78, 5) is 0. The van der Waals surface area contributed by atoms with Crippen molar-refractivity contribution in [2.75, 3.05) is 25.9 Å². The molecule has 0 aliphatic rings. The van der Waals surface area contributed by atoms with Crippen LogP contribution < -0.4 is 5.32 Å². The molecular formula is C11H26N2O3S.